The first-order valence-corrected chi connectivity index (χ1v) is 31.0. The molecule has 0 fully saturated rings. The molecule has 0 unspecified atom stereocenters. The van der Waals surface area contributed by atoms with Crippen molar-refractivity contribution in [3.8, 4) is 68.0 Å². The lowest BCUT2D eigenvalue weighted by molar-refractivity contribution is 0.667. The Balaban J connectivity index is 0.000000134. The van der Waals surface area contributed by atoms with Crippen LogP contribution >= 0.6 is 22.7 Å². The highest BCUT2D eigenvalue weighted by molar-refractivity contribution is 7.26. The van der Waals surface area contributed by atoms with Crippen LogP contribution in [0.2, 0.25) is 0 Å². The molecule has 0 aliphatic heterocycles. The predicted molar refractivity (Wildman–Crippen MR) is 363 cm³/mol. The van der Waals surface area contributed by atoms with E-state index < -0.39 is 0 Å². The van der Waals surface area contributed by atoms with Crippen molar-refractivity contribution in [3.05, 3.63) is 276 Å². The van der Waals surface area contributed by atoms with Crippen LogP contribution in [0.3, 0.4) is 0 Å². The maximum Gasteiger partial charge on any atom is 0.101 e. The molecule has 0 N–H and O–H groups in total. The van der Waals surface area contributed by atoms with Crippen LogP contribution in [0, 0.1) is 22.7 Å². The Hall–Kier alpha value is -10.3. The molecule has 0 radical (unpaired) electrons. The summed E-state index contributed by atoms with van der Waals surface area (Å²) >= 11 is 3.81. The van der Waals surface area contributed by atoms with Gasteiger partial charge in [0, 0.05) is 83.8 Å². The van der Waals surface area contributed by atoms with Crippen molar-refractivity contribution < 1.29 is 0 Å². The van der Waals surface area contributed by atoms with Gasteiger partial charge in [0.25, 0.3) is 0 Å². The van der Waals surface area contributed by atoms with Gasteiger partial charge in [-0.15, -0.1) is 22.7 Å². The molecule has 2 aliphatic rings. The zero-order valence-electron chi connectivity index (χ0n) is 47.7. The maximum absolute atomic E-state index is 10.4. The molecule has 2 aliphatic carbocycles. The van der Waals surface area contributed by atoms with E-state index in [2.05, 4.69) is 267 Å². The molecule has 404 valence electrons. The first-order chi connectivity index (χ1) is 42.1. The summed E-state index contributed by atoms with van der Waals surface area (Å²) in [4.78, 5) is 0. The number of hydrogen-bond acceptors (Lipinski definition) is 4. The molecule has 86 heavy (non-hydrogen) atoms. The molecule has 0 saturated carbocycles. The largest absolute Gasteiger partial charge is 0.309 e. The minimum absolute atomic E-state index is 0.0496. The zero-order chi connectivity index (χ0) is 57.7. The molecule has 16 aromatic rings. The summed E-state index contributed by atoms with van der Waals surface area (Å²) in [6.45, 7) is 9.44. The molecule has 4 aromatic heterocycles. The van der Waals surface area contributed by atoms with Crippen molar-refractivity contribution in [2.45, 2.75) is 38.5 Å². The Bertz CT molecular complexity index is 5600. The smallest absolute Gasteiger partial charge is 0.101 e. The van der Waals surface area contributed by atoms with Crippen LogP contribution in [-0.2, 0) is 10.8 Å². The molecule has 0 atom stereocenters. The second-order valence-electron chi connectivity index (χ2n) is 24.1. The first-order valence-electron chi connectivity index (χ1n) is 29.3. The van der Waals surface area contributed by atoms with Crippen LogP contribution in [-0.4, -0.2) is 9.13 Å². The van der Waals surface area contributed by atoms with Gasteiger partial charge in [-0.3, -0.25) is 0 Å². The zero-order valence-corrected chi connectivity index (χ0v) is 49.3. The second kappa shape index (κ2) is 18.6. The van der Waals surface area contributed by atoms with Gasteiger partial charge in [-0.2, -0.15) is 10.5 Å². The minimum atomic E-state index is -0.0556. The van der Waals surface area contributed by atoms with Crippen LogP contribution < -0.4 is 0 Å². The Kier molecular flexibility index (Phi) is 10.8. The second-order valence-corrected chi connectivity index (χ2v) is 26.2. The number of hydrogen-bond donors (Lipinski definition) is 0. The van der Waals surface area contributed by atoms with Gasteiger partial charge in [-0.05, 0) is 122 Å². The number of aromatic nitrogens is 2. The summed E-state index contributed by atoms with van der Waals surface area (Å²) < 4.78 is 9.94. The molecular weight excluding hydrogens is 1080 g/mol. The van der Waals surface area contributed by atoms with E-state index in [1.54, 1.807) is 0 Å². The quantitative estimate of drug-likeness (QED) is 0.176. The number of thiophene rings is 2. The van der Waals surface area contributed by atoms with Crippen molar-refractivity contribution in [1.82, 2.24) is 9.13 Å². The van der Waals surface area contributed by atoms with Crippen molar-refractivity contribution in [3.63, 3.8) is 0 Å². The summed E-state index contributed by atoms with van der Waals surface area (Å²) in [6.07, 6.45) is 0. The van der Waals surface area contributed by atoms with Gasteiger partial charge in [0.15, 0.2) is 0 Å². The standard InChI is InChI=1S/2C40H26N2S/c1-40(2)33-15-6-3-11-27(33)30-19-20-31-32-22-24(18-21-36(32)43-39(31)37(30)40)26-14-9-10-25(23-41)38(26)42-34-16-7-4-12-28(34)29-13-5-8-17-35(29)42;1-40(2)33-12-6-3-9-27(33)30-18-19-31-32-22-25(16-20-37(32)43-39(31)38(30)40)26-17-15-24(23-41)21-36(26)42-34-13-7-4-10-28(34)29-11-5-8-14-35(29)42/h2*3-22H,1-2H3. The van der Waals surface area contributed by atoms with Crippen molar-refractivity contribution >= 4 is 107 Å². The van der Waals surface area contributed by atoms with E-state index in [-0.39, 0.29) is 10.8 Å². The fourth-order valence-electron chi connectivity index (χ4n) is 15.0. The summed E-state index contributed by atoms with van der Waals surface area (Å²) in [6, 6.07) is 91.9. The molecule has 0 saturated heterocycles. The molecule has 0 spiro atoms. The Morgan fingerprint density at radius 1 is 0.337 bits per heavy atom. The Morgan fingerprint density at radius 3 is 1.26 bits per heavy atom. The van der Waals surface area contributed by atoms with E-state index in [1.165, 1.54) is 106 Å². The third-order valence-corrected chi connectivity index (χ3v) is 21.2. The lowest BCUT2D eigenvalue weighted by Crippen LogP contribution is -2.14. The summed E-state index contributed by atoms with van der Waals surface area (Å²) in [7, 11) is 0. The van der Waals surface area contributed by atoms with Crippen LogP contribution in [0.5, 0.6) is 0 Å². The Morgan fingerprint density at radius 2 is 0.767 bits per heavy atom. The molecule has 0 bridgehead atoms. The molecule has 4 heterocycles. The highest BCUT2D eigenvalue weighted by atomic mass is 32.1. The van der Waals surface area contributed by atoms with Gasteiger partial charge in [0.2, 0.25) is 0 Å². The summed E-state index contributed by atoms with van der Waals surface area (Å²) in [5.41, 5.74) is 23.2. The topological polar surface area (TPSA) is 57.4 Å². The molecular formula is C80H52N4S2. The normalized spacial score (nSPS) is 13.5. The summed E-state index contributed by atoms with van der Waals surface area (Å²) in [5.74, 6) is 0. The van der Waals surface area contributed by atoms with E-state index >= 15 is 0 Å². The Labute approximate surface area is 505 Å². The first kappa shape index (κ1) is 50.2. The number of rotatable bonds is 4. The molecule has 0 amide bonds. The lowest BCUT2D eigenvalue weighted by Gasteiger charge is -2.22. The van der Waals surface area contributed by atoms with E-state index in [1.807, 2.05) is 46.9 Å². The van der Waals surface area contributed by atoms with E-state index in [9.17, 15) is 10.5 Å². The number of nitriles is 2. The minimum Gasteiger partial charge on any atom is -0.309 e. The van der Waals surface area contributed by atoms with Gasteiger partial charge in [0.05, 0.1) is 50.6 Å². The van der Waals surface area contributed by atoms with Gasteiger partial charge in [-0.25, -0.2) is 0 Å². The average molecular weight is 1130 g/mol. The highest BCUT2D eigenvalue weighted by Gasteiger charge is 2.39. The monoisotopic (exact) mass is 1130 g/mol. The van der Waals surface area contributed by atoms with Crippen molar-refractivity contribution in [2.75, 3.05) is 0 Å². The molecule has 12 aromatic carbocycles. The van der Waals surface area contributed by atoms with Gasteiger partial charge in [-0.1, -0.05) is 204 Å². The highest BCUT2D eigenvalue weighted by Crippen LogP contribution is 2.56. The fraction of sp³-hybridized carbons (Fsp3) is 0.0750. The van der Waals surface area contributed by atoms with E-state index in [0.717, 1.165) is 55.7 Å². The van der Waals surface area contributed by atoms with E-state index in [0.29, 0.717) is 11.1 Å². The fourth-order valence-corrected chi connectivity index (χ4v) is 17.8. The number of benzene rings is 12. The number of fused-ring (bicyclic) bond motifs is 20. The van der Waals surface area contributed by atoms with Crippen molar-refractivity contribution in [1.29, 1.82) is 10.5 Å². The van der Waals surface area contributed by atoms with Crippen LogP contribution in [0.15, 0.2) is 243 Å². The molecule has 18 rings (SSSR count). The maximum atomic E-state index is 10.4. The van der Waals surface area contributed by atoms with Crippen LogP contribution in [0.25, 0.3) is 140 Å². The number of nitrogens with zero attached hydrogens (tertiary/aromatic N) is 4. The number of para-hydroxylation sites is 5. The molecule has 6 heteroatoms. The third kappa shape index (κ3) is 7.06. The van der Waals surface area contributed by atoms with E-state index in [4.69, 9.17) is 0 Å². The molecule has 4 nitrogen and oxygen atoms in total. The van der Waals surface area contributed by atoms with Gasteiger partial charge in [0.1, 0.15) is 6.07 Å². The van der Waals surface area contributed by atoms with Gasteiger partial charge < -0.3 is 9.13 Å². The predicted octanol–water partition coefficient (Wildman–Crippen LogP) is 22.0. The lowest BCUT2D eigenvalue weighted by atomic mass is 9.82. The summed E-state index contributed by atoms with van der Waals surface area (Å²) in [5, 5.41) is 30.2. The van der Waals surface area contributed by atoms with Crippen LogP contribution in [0.1, 0.15) is 61.1 Å². The SMILES string of the molecule is CC1(C)c2ccccc2-c2ccc3c(sc4ccc(-c5ccc(C#N)cc5-n5c6ccccc6c6ccccc65)cc43)c21.CC1(C)c2ccccc2-c2ccc3c(sc4ccc(-c5cccc(C#N)c5-n5c6ccccc6c6ccccc65)cc43)c21. The third-order valence-electron chi connectivity index (χ3n) is 18.8. The van der Waals surface area contributed by atoms with Gasteiger partial charge >= 0.3 is 0 Å². The average Bonchev–Trinajstić information content (AvgIpc) is 1.67. The van der Waals surface area contributed by atoms with Crippen molar-refractivity contribution in [2.24, 2.45) is 0 Å². The van der Waals surface area contributed by atoms with Crippen LogP contribution in [0.4, 0.5) is 0 Å².